The Balaban J connectivity index is 1.47. The summed E-state index contributed by atoms with van der Waals surface area (Å²) in [5.41, 5.74) is 10.7. The molecule has 7 nitrogen and oxygen atoms in total. The average molecular weight is 511 g/mol. The van der Waals surface area contributed by atoms with Gasteiger partial charge < -0.3 is 10.8 Å². The first kappa shape index (κ1) is 24.3. The first-order chi connectivity index (χ1) is 17.4. The van der Waals surface area contributed by atoms with E-state index >= 15 is 0 Å². The van der Waals surface area contributed by atoms with Crippen LogP contribution in [0.2, 0.25) is 5.15 Å². The Hall–Kier alpha value is -3.40. The molecule has 0 radical (unpaired) electrons. The highest BCUT2D eigenvalue weighted by atomic mass is 35.5. The van der Waals surface area contributed by atoms with Crippen LogP contribution in [0.5, 0.6) is 0 Å². The first-order valence-electron chi connectivity index (χ1n) is 11.6. The summed E-state index contributed by atoms with van der Waals surface area (Å²) in [6.07, 6.45) is 2.90. The molecule has 4 aromatic rings. The van der Waals surface area contributed by atoms with Crippen molar-refractivity contribution >= 4 is 17.5 Å². The molecule has 10 heteroatoms. The number of halogens is 3. The van der Waals surface area contributed by atoms with Crippen LogP contribution in [-0.2, 0) is 13.0 Å². The SMILES string of the molecule is Nc1nc(Cl)cc(-c2nn(C(F)F)cc2Cc2cc(C(O)NCc3ccccc3)ccc2C2CC2)n1. The fourth-order valence-corrected chi connectivity index (χ4v) is 4.50. The van der Waals surface area contributed by atoms with Crippen molar-refractivity contribution in [1.82, 2.24) is 25.1 Å². The molecule has 0 saturated heterocycles. The largest absolute Gasteiger partial charge is 0.374 e. The second kappa shape index (κ2) is 10.3. The van der Waals surface area contributed by atoms with E-state index in [1.165, 1.54) is 12.3 Å². The maximum atomic E-state index is 13.6. The lowest BCUT2D eigenvalue weighted by Gasteiger charge is -2.17. The van der Waals surface area contributed by atoms with Crippen LogP contribution in [0.1, 0.15) is 59.4 Å². The van der Waals surface area contributed by atoms with E-state index in [0.717, 1.165) is 29.5 Å². The molecule has 1 aliphatic carbocycles. The van der Waals surface area contributed by atoms with Gasteiger partial charge in [-0.25, -0.2) is 14.6 Å². The van der Waals surface area contributed by atoms with Crippen LogP contribution < -0.4 is 11.1 Å². The van der Waals surface area contributed by atoms with Gasteiger partial charge in [0.25, 0.3) is 0 Å². The fourth-order valence-electron chi connectivity index (χ4n) is 4.31. The minimum atomic E-state index is -2.81. The molecule has 1 atom stereocenters. The van der Waals surface area contributed by atoms with Gasteiger partial charge in [0.2, 0.25) is 5.95 Å². The average Bonchev–Trinajstić information content (AvgIpc) is 3.61. The molecule has 1 aliphatic rings. The van der Waals surface area contributed by atoms with Crippen molar-refractivity contribution in [2.75, 3.05) is 5.73 Å². The van der Waals surface area contributed by atoms with Crippen molar-refractivity contribution in [3.63, 3.8) is 0 Å². The number of nitrogens with two attached hydrogens (primary N) is 1. The van der Waals surface area contributed by atoms with Crippen molar-refractivity contribution in [2.24, 2.45) is 0 Å². The number of benzene rings is 2. The van der Waals surface area contributed by atoms with Crippen molar-refractivity contribution < 1.29 is 13.9 Å². The predicted molar refractivity (Wildman–Crippen MR) is 133 cm³/mol. The van der Waals surface area contributed by atoms with E-state index in [1.54, 1.807) is 0 Å². The molecule has 5 rings (SSSR count). The predicted octanol–water partition coefficient (Wildman–Crippen LogP) is 5.22. The zero-order valence-corrected chi connectivity index (χ0v) is 20.0. The van der Waals surface area contributed by atoms with Crippen LogP contribution in [0.15, 0.2) is 60.8 Å². The van der Waals surface area contributed by atoms with Gasteiger partial charge in [-0.1, -0.05) is 60.1 Å². The number of anilines is 1. The maximum absolute atomic E-state index is 13.6. The molecule has 0 spiro atoms. The van der Waals surface area contributed by atoms with E-state index in [2.05, 4.69) is 20.4 Å². The third kappa shape index (κ3) is 5.53. The molecular weight excluding hydrogens is 486 g/mol. The van der Waals surface area contributed by atoms with E-state index in [9.17, 15) is 13.9 Å². The van der Waals surface area contributed by atoms with Crippen molar-refractivity contribution in [1.29, 1.82) is 0 Å². The topological polar surface area (TPSA) is 102 Å². The minimum Gasteiger partial charge on any atom is -0.374 e. The van der Waals surface area contributed by atoms with Crippen molar-refractivity contribution in [3.05, 3.63) is 93.8 Å². The Labute approximate surface area is 212 Å². The molecule has 0 aliphatic heterocycles. The summed E-state index contributed by atoms with van der Waals surface area (Å²) in [7, 11) is 0. The van der Waals surface area contributed by atoms with Crippen molar-refractivity contribution in [3.8, 4) is 11.4 Å². The Morgan fingerprint density at radius 1 is 1.08 bits per heavy atom. The van der Waals surface area contributed by atoms with Gasteiger partial charge in [0.05, 0.1) is 5.69 Å². The highest BCUT2D eigenvalue weighted by Crippen LogP contribution is 2.43. The normalized spacial score (nSPS) is 14.4. The molecule has 36 heavy (non-hydrogen) atoms. The lowest BCUT2D eigenvalue weighted by molar-refractivity contribution is 0.0567. The summed E-state index contributed by atoms with van der Waals surface area (Å²) < 4.78 is 27.7. The smallest absolute Gasteiger partial charge is 0.333 e. The number of hydrogen-bond donors (Lipinski definition) is 3. The molecule has 2 heterocycles. The number of hydrogen-bond acceptors (Lipinski definition) is 6. The highest BCUT2D eigenvalue weighted by molar-refractivity contribution is 6.29. The van der Waals surface area contributed by atoms with Gasteiger partial charge in [0.15, 0.2) is 0 Å². The number of aliphatic hydroxyl groups is 1. The molecule has 2 aromatic heterocycles. The summed E-state index contributed by atoms with van der Waals surface area (Å²) in [4.78, 5) is 8.01. The Morgan fingerprint density at radius 3 is 2.56 bits per heavy atom. The molecule has 1 saturated carbocycles. The molecule has 0 bridgehead atoms. The van der Waals surface area contributed by atoms with Crippen LogP contribution in [-0.4, -0.2) is 24.9 Å². The van der Waals surface area contributed by atoms with E-state index in [4.69, 9.17) is 17.3 Å². The molecule has 0 amide bonds. The Bertz CT molecular complexity index is 1340. The van der Waals surface area contributed by atoms with Crippen LogP contribution in [0, 0.1) is 0 Å². The number of nitrogens with zero attached hydrogens (tertiary/aromatic N) is 4. The zero-order chi connectivity index (χ0) is 25.2. The second-order valence-corrected chi connectivity index (χ2v) is 9.26. The van der Waals surface area contributed by atoms with E-state index in [-0.39, 0.29) is 22.5 Å². The van der Waals surface area contributed by atoms with E-state index < -0.39 is 12.8 Å². The summed E-state index contributed by atoms with van der Waals surface area (Å²) in [6.45, 7) is -2.31. The number of alkyl halides is 2. The fraction of sp³-hybridized carbons (Fsp3) is 0.269. The van der Waals surface area contributed by atoms with Crippen LogP contribution in [0.25, 0.3) is 11.4 Å². The zero-order valence-electron chi connectivity index (χ0n) is 19.3. The Kier molecular flexibility index (Phi) is 6.95. The first-order valence-corrected chi connectivity index (χ1v) is 12.0. The van der Waals surface area contributed by atoms with Gasteiger partial charge in [-0.05, 0) is 41.0 Å². The third-order valence-corrected chi connectivity index (χ3v) is 6.38. The van der Waals surface area contributed by atoms with Gasteiger partial charge in [-0.15, -0.1) is 0 Å². The standard InChI is InChI=1S/C26H25ClF2N6O/c27-22-12-21(32-26(30)33-22)23-19(14-35(34-23)25(28)29)11-18-10-17(8-9-20(18)16-6-7-16)24(36)31-13-15-4-2-1-3-5-15/h1-5,8-10,12,14,16,24-25,31,36H,6-7,11,13H2,(H2,30,32,33). The minimum absolute atomic E-state index is 0.0664. The van der Waals surface area contributed by atoms with Gasteiger partial charge in [0.1, 0.15) is 17.1 Å². The number of rotatable bonds is 9. The summed E-state index contributed by atoms with van der Waals surface area (Å²) in [5.74, 6) is 0.351. The Morgan fingerprint density at radius 2 is 1.86 bits per heavy atom. The third-order valence-electron chi connectivity index (χ3n) is 6.19. The summed E-state index contributed by atoms with van der Waals surface area (Å²) >= 11 is 6.04. The number of nitrogens with one attached hydrogen (secondary N) is 1. The molecule has 2 aromatic carbocycles. The molecule has 4 N–H and O–H groups in total. The summed E-state index contributed by atoms with van der Waals surface area (Å²) in [5, 5.41) is 18.1. The van der Waals surface area contributed by atoms with Crippen LogP contribution in [0.4, 0.5) is 14.7 Å². The molecule has 186 valence electrons. The monoisotopic (exact) mass is 510 g/mol. The summed E-state index contributed by atoms with van der Waals surface area (Å²) in [6, 6.07) is 17.1. The number of aliphatic hydroxyl groups excluding tert-OH is 1. The second-order valence-electron chi connectivity index (χ2n) is 8.87. The van der Waals surface area contributed by atoms with Crippen LogP contribution >= 0.6 is 11.6 Å². The quantitative estimate of drug-likeness (QED) is 0.211. The molecular formula is C26H25ClF2N6O. The lowest BCUT2D eigenvalue weighted by atomic mass is 9.94. The highest BCUT2D eigenvalue weighted by Gasteiger charge is 2.28. The van der Waals surface area contributed by atoms with Gasteiger partial charge >= 0.3 is 6.55 Å². The molecule has 1 unspecified atom stereocenters. The van der Waals surface area contributed by atoms with E-state index in [0.29, 0.717) is 34.7 Å². The lowest BCUT2D eigenvalue weighted by Crippen LogP contribution is -2.20. The van der Waals surface area contributed by atoms with Gasteiger partial charge in [0, 0.05) is 30.8 Å². The maximum Gasteiger partial charge on any atom is 0.333 e. The van der Waals surface area contributed by atoms with Gasteiger partial charge in [-0.2, -0.15) is 13.9 Å². The molecule has 1 fully saturated rings. The number of aromatic nitrogens is 4. The number of nitrogen functional groups attached to an aromatic ring is 1. The van der Waals surface area contributed by atoms with Gasteiger partial charge in [-0.3, -0.25) is 5.32 Å². The van der Waals surface area contributed by atoms with Crippen molar-refractivity contribution in [2.45, 2.75) is 44.5 Å². The van der Waals surface area contributed by atoms with Crippen LogP contribution in [0.3, 0.4) is 0 Å². The van der Waals surface area contributed by atoms with E-state index in [1.807, 2.05) is 48.5 Å².